The van der Waals surface area contributed by atoms with Crippen molar-refractivity contribution < 1.29 is 19.4 Å². The van der Waals surface area contributed by atoms with Crippen molar-refractivity contribution in [1.29, 1.82) is 0 Å². The number of piperazine rings is 1. The Balaban J connectivity index is 1.52. The third kappa shape index (κ3) is 4.89. The Morgan fingerprint density at radius 3 is 2.76 bits per heavy atom. The van der Waals surface area contributed by atoms with Crippen molar-refractivity contribution in [2.45, 2.75) is 45.6 Å². The molecule has 9 nitrogen and oxygen atoms in total. The maximum Gasteiger partial charge on any atom is 0.316 e. The average Bonchev–Trinajstić information content (AvgIpc) is 2.79. The number of aliphatic hydroxyl groups is 1. The van der Waals surface area contributed by atoms with Gasteiger partial charge >= 0.3 is 6.03 Å². The molecule has 0 saturated carbocycles. The van der Waals surface area contributed by atoms with Crippen LogP contribution in [0.25, 0.3) is 0 Å². The van der Waals surface area contributed by atoms with Crippen LogP contribution in [0.1, 0.15) is 30.9 Å². The van der Waals surface area contributed by atoms with Crippen molar-refractivity contribution in [1.82, 2.24) is 4.90 Å². The lowest BCUT2D eigenvalue weighted by Gasteiger charge is -2.43. The molecule has 2 aliphatic heterocycles. The number of nitrogens with one attached hydrogen (secondary N) is 2. The van der Waals surface area contributed by atoms with E-state index in [9.17, 15) is 14.7 Å². The number of benzene rings is 2. The van der Waals surface area contributed by atoms with Gasteiger partial charge in [-0.15, -0.1) is 0 Å². The first kappa shape index (κ1) is 22.9. The molecule has 5 N–H and O–H groups in total. The first-order valence-corrected chi connectivity index (χ1v) is 11.3. The van der Waals surface area contributed by atoms with Crippen molar-refractivity contribution >= 4 is 29.0 Å². The third-order valence-corrected chi connectivity index (χ3v) is 6.23. The maximum atomic E-state index is 12.0. The van der Waals surface area contributed by atoms with Gasteiger partial charge in [0, 0.05) is 30.8 Å². The van der Waals surface area contributed by atoms with Gasteiger partial charge in [0.05, 0.1) is 17.9 Å². The largest absolute Gasteiger partial charge is 0.475 e. The van der Waals surface area contributed by atoms with Gasteiger partial charge in [-0.05, 0) is 43.5 Å². The van der Waals surface area contributed by atoms with Crippen LogP contribution >= 0.6 is 0 Å². The van der Waals surface area contributed by atoms with Gasteiger partial charge in [-0.1, -0.05) is 25.1 Å². The highest BCUT2D eigenvalue weighted by Gasteiger charge is 2.33. The fourth-order valence-electron chi connectivity index (χ4n) is 4.59. The molecule has 2 aromatic carbocycles. The second-order valence-corrected chi connectivity index (χ2v) is 8.43. The van der Waals surface area contributed by atoms with Crippen LogP contribution in [0.5, 0.6) is 5.75 Å². The van der Waals surface area contributed by atoms with E-state index in [0.29, 0.717) is 49.5 Å². The lowest BCUT2D eigenvalue weighted by Crippen LogP contribution is -2.58. The normalized spacial score (nSPS) is 19.4. The van der Waals surface area contributed by atoms with E-state index in [1.165, 1.54) is 5.56 Å². The van der Waals surface area contributed by atoms with Crippen LogP contribution in [0.4, 0.5) is 21.9 Å². The van der Waals surface area contributed by atoms with Crippen LogP contribution < -0.4 is 26.0 Å². The van der Waals surface area contributed by atoms with Gasteiger partial charge < -0.3 is 31.1 Å². The predicted octanol–water partition coefficient (Wildman–Crippen LogP) is 2.63. The molecule has 2 unspecified atom stereocenters. The monoisotopic (exact) mass is 453 g/mol. The SMILES string of the molecule is CCC(Oc1ccc(NC(N)=O)c2c1CCC(=O)N2)N1CCN(c2ccccc2C)CC1O. The molecular weight excluding hydrogens is 422 g/mol. The van der Waals surface area contributed by atoms with E-state index >= 15 is 0 Å². The number of fused-ring (bicyclic) bond motifs is 1. The molecule has 2 aliphatic rings. The number of hydrogen-bond acceptors (Lipinski definition) is 6. The molecular formula is C24H31N5O4. The Labute approximate surface area is 193 Å². The van der Waals surface area contributed by atoms with Gasteiger partial charge in [-0.3, -0.25) is 4.79 Å². The molecule has 2 heterocycles. The molecule has 176 valence electrons. The second-order valence-electron chi connectivity index (χ2n) is 8.43. The van der Waals surface area contributed by atoms with Gasteiger partial charge in [0.15, 0.2) is 6.23 Å². The molecule has 2 aromatic rings. The summed E-state index contributed by atoms with van der Waals surface area (Å²) < 4.78 is 6.38. The lowest BCUT2D eigenvalue weighted by molar-refractivity contribution is -0.116. The number of carbonyl (C=O) groups excluding carboxylic acids is 2. The second kappa shape index (κ2) is 9.68. The number of nitrogens with two attached hydrogens (primary N) is 1. The Bertz CT molecular complexity index is 1040. The molecule has 4 rings (SSSR count). The number of aliphatic hydroxyl groups excluding tert-OH is 1. The summed E-state index contributed by atoms with van der Waals surface area (Å²) in [6.45, 7) is 6.00. The maximum absolute atomic E-state index is 12.0. The lowest BCUT2D eigenvalue weighted by atomic mass is 10.0. The van der Waals surface area contributed by atoms with Gasteiger partial charge in [0.1, 0.15) is 12.0 Å². The van der Waals surface area contributed by atoms with E-state index < -0.39 is 12.3 Å². The molecule has 1 fully saturated rings. The van der Waals surface area contributed by atoms with Crippen molar-refractivity contribution in [2.24, 2.45) is 5.73 Å². The number of amides is 3. The number of nitrogens with zero attached hydrogens (tertiary/aromatic N) is 2. The quantitative estimate of drug-likeness (QED) is 0.534. The van der Waals surface area contributed by atoms with Crippen molar-refractivity contribution in [3.05, 3.63) is 47.5 Å². The van der Waals surface area contributed by atoms with Crippen molar-refractivity contribution in [3.63, 3.8) is 0 Å². The number of β-amino-alcohol motifs (C(OH)–C–C–N with tert-alkyl or cyclic N) is 1. The van der Waals surface area contributed by atoms with Crippen LogP contribution in [-0.4, -0.2) is 54.0 Å². The first-order chi connectivity index (χ1) is 15.9. The smallest absolute Gasteiger partial charge is 0.316 e. The zero-order chi connectivity index (χ0) is 23.5. The minimum Gasteiger partial charge on any atom is -0.475 e. The third-order valence-electron chi connectivity index (χ3n) is 6.23. The Morgan fingerprint density at radius 1 is 1.27 bits per heavy atom. The molecule has 0 aromatic heterocycles. The van der Waals surface area contributed by atoms with Crippen LogP contribution in [0.3, 0.4) is 0 Å². The Kier molecular flexibility index (Phi) is 6.71. The number of urea groups is 1. The topological polar surface area (TPSA) is 120 Å². The Hall–Kier alpha value is -3.30. The zero-order valence-electron chi connectivity index (χ0n) is 19.0. The van der Waals surface area contributed by atoms with E-state index in [4.69, 9.17) is 10.5 Å². The van der Waals surface area contributed by atoms with Crippen LogP contribution in [-0.2, 0) is 11.2 Å². The summed E-state index contributed by atoms with van der Waals surface area (Å²) in [5.41, 5.74) is 9.36. The van der Waals surface area contributed by atoms with Gasteiger partial charge in [0.2, 0.25) is 5.91 Å². The fourth-order valence-corrected chi connectivity index (χ4v) is 4.59. The molecule has 3 amide bonds. The van der Waals surface area contributed by atoms with E-state index in [1.54, 1.807) is 12.1 Å². The summed E-state index contributed by atoms with van der Waals surface area (Å²) >= 11 is 0. The summed E-state index contributed by atoms with van der Waals surface area (Å²) in [5, 5.41) is 16.4. The standard InChI is InChI=1S/C24H31N5O4/c1-3-22(29-13-12-28(14-21(29)31)18-7-5-4-6-15(18)2)33-19-10-9-17(26-24(25)32)23-16(19)8-11-20(30)27-23/h4-7,9-10,21-22,31H,3,8,11-14H2,1-2H3,(H,27,30)(H3,25,26,32). The van der Waals surface area contributed by atoms with E-state index in [2.05, 4.69) is 34.6 Å². The molecule has 9 heteroatoms. The molecule has 0 spiro atoms. The molecule has 0 radical (unpaired) electrons. The predicted molar refractivity (Wildman–Crippen MR) is 127 cm³/mol. The Morgan fingerprint density at radius 2 is 2.06 bits per heavy atom. The van der Waals surface area contributed by atoms with Gasteiger partial charge in [-0.2, -0.15) is 0 Å². The summed E-state index contributed by atoms with van der Waals surface area (Å²) in [4.78, 5) is 27.5. The minimum atomic E-state index is -0.702. The number of carbonyl (C=O) groups is 2. The highest BCUT2D eigenvalue weighted by molar-refractivity contribution is 6.02. The molecule has 1 saturated heterocycles. The number of anilines is 3. The molecule has 0 bridgehead atoms. The summed E-state index contributed by atoms with van der Waals surface area (Å²) in [5.74, 6) is 0.502. The van der Waals surface area contributed by atoms with Crippen LogP contribution in [0, 0.1) is 6.92 Å². The van der Waals surface area contributed by atoms with E-state index in [0.717, 1.165) is 17.8 Å². The first-order valence-electron chi connectivity index (χ1n) is 11.3. The number of para-hydroxylation sites is 1. The number of aryl methyl sites for hydroxylation is 1. The zero-order valence-corrected chi connectivity index (χ0v) is 19.0. The van der Waals surface area contributed by atoms with Gasteiger partial charge in [0.25, 0.3) is 0 Å². The number of ether oxygens (including phenoxy) is 1. The van der Waals surface area contributed by atoms with Crippen molar-refractivity contribution in [3.8, 4) is 5.75 Å². The molecule has 0 aliphatic carbocycles. The van der Waals surface area contributed by atoms with Crippen LogP contribution in [0.15, 0.2) is 36.4 Å². The average molecular weight is 454 g/mol. The van der Waals surface area contributed by atoms with E-state index in [1.807, 2.05) is 24.0 Å². The highest BCUT2D eigenvalue weighted by atomic mass is 16.5. The molecule has 33 heavy (non-hydrogen) atoms. The number of hydrogen-bond donors (Lipinski definition) is 4. The summed E-state index contributed by atoms with van der Waals surface area (Å²) in [6, 6.07) is 10.9. The van der Waals surface area contributed by atoms with Crippen molar-refractivity contribution in [2.75, 3.05) is 35.2 Å². The molecule has 2 atom stereocenters. The fraction of sp³-hybridized carbons (Fsp3) is 0.417. The van der Waals surface area contributed by atoms with E-state index in [-0.39, 0.29) is 12.1 Å². The number of primary amides is 1. The highest BCUT2D eigenvalue weighted by Crippen LogP contribution is 2.38. The number of rotatable bonds is 6. The minimum absolute atomic E-state index is 0.123. The summed E-state index contributed by atoms with van der Waals surface area (Å²) in [7, 11) is 0. The van der Waals surface area contributed by atoms with Gasteiger partial charge in [-0.25, -0.2) is 9.69 Å². The summed E-state index contributed by atoms with van der Waals surface area (Å²) in [6.07, 6.45) is 0.470. The van der Waals surface area contributed by atoms with Crippen LogP contribution in [0.2, 0.25) is 0 Å².